The lowest BCUT2D eigenvalue weighted by atomic mass is 10.2. The third-order valence-corrected chi connectivity index (χ3v) is 6.72. The number of alkyl halides is 3. The minimum atomic E-state index is -4.52. The van der Waals surface area contributed by atoms with Crippen LogP contribution in [0.25, 0.3) is 5.69 Å². The van der Waals surface area contributed by atoms with Gasteiger partial charge < -0.3 is 9.64 Å². The smallest absolute Gasteiger partial charge is 0.416 e. The van der Waals surface area contributed by atoms with Crippen LogP contribution in [-0.4, -0.2) is 44.8 Å². The molecule has 12 heteroatoms. The highest BCUT2D eigenvalue weighted by Gasteiger charge is 2.32. The van der Waals surface area contributed by atoms with E-state index >= 15 is 0 Å². The van der Waals surface area contributed by atoms with Gasteiger partial charge in [-0.05, 0) is 55.4 Å². The highest BCUT2D eigenvalue weighted by Crippen LogP contribution is 2.34. The monoisotopic (exact) mass is 480 g/mol. The van der Waals surface area contributed by atoms with E-state index in [1.54, 1.807) is 6.07 Å². The molecule has 1 amide bonds. The van der Waals surface area contributed by atoms with E-state index < -0.39 is 27.7 Å². The van der Waals surface area contributed by atoms with Crippen molar-refractivity contribution >= 4 is 21.6 Å². The van der Waals surface area contributed by atoms with Gasteiger partial charge in [0.2, 0.25) is 10.0 Å². The molecule has 0 saturated heterocycles. The number of sulfonamides is 1. The fraction of sp³-hybridized carbons (Fsp3) is 0.238. The average molecular weight is 480 g/mol. The van der Waals surface area contributed by atoms with Gasteiger partial charge in [-0.1, -0.05) is 6.07 Å². The van der Waals surface area contributed by atoms with Gasteiger partial charge in [0.1, 0.15) is 0 Å². The van der Waals surface area contributed by atoms with E-state index in [1.807, 2.05) is 0 Å². The van der Waals surface area contributed by atoms with Crippen molar-refractivity contribution in [2.45, 2.75) is 17.5 Å². The summed E-state index contributed by atoms with van der Waals surface area (Å²) in [5.74, 6) is -0.416. The van der Waals surface area contributed by atoms with Crippen LogP contribution in [0, 0.1) is 0 Å². The zero-order chi connectivity index (χ0) is 24.0. The van der Waals surface area contributed by atoms with Crippen molar-refractivity contribution in [3.63, 3.8) is 0 Å². The number of anilines is 1. The molecule has 1 aliphatic rings. The fourth-order valence-electron chi connectivity index (χ4n) is 3.61. The summed E-state index contributed by atoms with van der Waals surface area (Å²) < 4.78 is 72.0. The van der Waals surface area contributed by atoms with Crippen LogP contribution in [0.5, 0.6) is 5.75 Å². The lowest BCUT2D eigenvalue weighted by molar-refractivity contribution is -0.137. The van der Waals surface area contributed by atoms with Gasteiger partial charge >= 0.3 is 6.18 Å². The number of nitrogens with zero attached hydrogens (tertiary/aromatic N) is 3. The molecular formula is C21H19F3N4O4S. The summed E-state index contributed by atoms with van der Waals surface area (Å²) in [5, 5.41) is 4.19. The highest BCUT2D eigenvalue weighted by molar-refractivity contribution is 7.89. The molecule has 174 valence electrons. The van der Waals surface area contributed by atoms with E-state index in [1.165, 1.54) is 49.5 Å². The third kappa shape index (κ3) is 4.18. The first-order valence-corrected chi connectivity index (χ1v) is 11.2. The number of nitrogens with one attached hydrogen (secondary N) is 1. The Kier molecular flexibility index (Phi) is 5.66. The minimum absolute atomic E-state index is 0.0744. The van der Waals surface area contributed by atoms with Crippen molar-refractivity contribution in [2.24, 2.45) is 0 Å². The predicted octanol–water partition coefficient (Wildman–Crippen LogP) is 3.01. The Morgan fingerprint density at radius 3 is 2.61 bits per heavy atom. The number of amides is 1. The average Bonchev–Trinajstić information content (AvgIpc) is 3.42. The second-order valence-corrected chi connectivity index (χ2v) is 9.13. The lowest BCUT2D eigenvalue weighted by Gasteiger charge is -2.17. The quantitative estimate of drug-likeness (QED) is 0.606. The van der Waals surface area contributed by atoms with Crippen molar-refractivity contribution in [1.82, 2.24) is 14.5 Å². The van der Waals surface area contributed by atoms with Crippen LogP contribution in [0.1, 0.15) is 21.6 Å². The number of hydrogen-bond acceptors (Lipinski definition) is 5. The first-order valence-electron chi connectivity index (χ1n) is 9.75. The Hall–Kier alpha value is -3.38. The van der Waals surface area contributed by atoms with Crippen molar-refractivity contribution in [3.8, 4) is 11.4 Å². The molecule has 0 radical (unpaired) electrons. The largest absolute Gasteiger partial charge is 0.493 e. The summed E-state index contributed by atoms with van der Waals surface area (Å²) in [4.78, 5) is 14.8. The fourth-order valence-corrected chi connectivity index (χ4v) is 4.39. The van der Waals surface area contributed by atoms with Crippen molar-refractivity contribution in [1.29, 1.82) is 0 Å². The van der Waals surface area contributed by atoms with Crippen molar-refractivity contribution in [2.75, 3.05) is 25.6 Å². The first-order chi connectivity index (χ1) is 15.5. The molecule has 0 aliphatic carbocycles. The molecule has 2 aromatic carbocycles. The number of carbonyl (C=O) groups excluding carboxylic acids is 1. The van der Waals surface area contributed by atoms with Crippen LogP contribution in [0.2, 0.25) is 0 Å². The standard InChI is InChI=1S/C21H19F3N4O4S/c1-25-33(30,31)16-6-7-17-13(10-16)8-9-27(17)20(29)19-18(32-2)12-28(26-19)15-5-3-4-14(11-15)21(22,23)24/h3-7,10-12,25H,8-9H2,1-2H3. The first kappa shape index (κ1) is 22.8. The second kappa shape index (κ2) is 8.19. The highest BCUT2D eigenvalue weighted by atomic mass is 32.2. The molecule has 33 heavy (non-hydrogen) atoms. The Morgan fingerprint density at radius 1 is 1.18 bits per heavy atom. The lowest BCUT2D eigenvalue weighted by Crippen LogP contribution is -2.29. The van der Waals surface area contributed by atoms with Gasteiger partial charge in [-0.2, -0.15) is 18.3 Å². The van der Waals surface area contributed by atoms with Crippen LogP contribution in [0.4, 0.5) is 18.9 Å². The number of benzene rings is 2. The summed E-state index contributed by atoms with van der Waals surface area (Å²) >= 11 is 0. The molecule has 0 atom stereocenters. The van der Waals surface area contributed by atoms with Gasteiger partial charge in [-0.3, -0.25) is 4.79 Å². The van der Waals surface area contributed by atoms with Crippen LogP contribution >= 0.6 is 0 Å². The molecule has 2 heterocycles. The molecule has 3 aromatic rings. The number of methoxy groups -OCH3 is 1. The number of halogens is 3. The number of fused-ring (bicyclic) bond motifs is 1. The number of ether oxygens (including phenoxy) is 1. The van der Waals surface area contributed by atoms with Gasteiger partial charge in [0.05, 0.1) is 29.5 Å². The molecule has 1 aliphatic heterocycles. The molecule has 8 nitrogen and oxygen atoms in total. The summed E-state index contributed by atoms with van der Waals surface area (Å²) in [7, 11) is -0.990. The van der Waals surface area contributed by atoms with Gasteiger partial charge in [-0.25, -0.2) is 17.8 Å². The number of carbonyl (C=O) groups is 1. The molecule has 1 aromatic heterocycles. The zero-order valence-corrected chi connectivity index (χ0v) is 18.4. The maximum atomic E-state index is 13.3. The molecule has 0 saturated carbocycles. The normalized spacial score (nSPS) is 13.8. The minimum Gasteiger partial charge on any atom is -0.493 e. The SMILES string of the molecule is CNS(=O)(=O)c1ccc2c(c1)CCN2C(=O)c1nn(-c2cccc(C(F)(F)F)c2)cc1OC. The van der Waals surface area contributed by atoms with Gasteiger partial charge in [0.15, 0.2) is 11.4 Å². The van der Waals surface area contributed by atoms with E-state index in [0.717, 1.165) is 16.8 Å². The Labute approximate surface area is 187 Å². The summed E-state index contributed by atoms with van der Waals surface area (Å²) in [6.07, 6.45) is -2.75. The Morgan fingerprint density at radius 2 is 1.94 bits per heavy atom. The summed E-state index contributed by atoms with van der Waals surface area (Å²) in [6, 6.07) is 9.00. The van der Waals surface area contributed by atoms with Crippen LogP contribution in [0.15, 0.2) is 53.6 Å². The van der Waals surface area contributed by atoms with Crippen LogP contribution in [-0.2, 0) is 22.6 Å². The maximum Gasteiger partial charge on any atom is 0.416 e. The van der Waals surface area contributed by atoms with E-state index in [4.69, 9.17) is 4.74 Å². The topological polar surface area (TPSA) is 93.5 Å². The maximum absolute atomic E-state index is 13.3. The van der Waals surface area contributed by atoms with Gasteiger partial charge in [-0.15, -0.1) is 0 Å². The van der Waals surface area contributed by atoms with E-state index in [-0.39, 0.29) is 28.6 Å². The summed E-state index contributed by atoms with van der Waals surface area (Å²) in [6.45, 7) is 0.288. The van der Waals surface area contributed by atoms with Gasteiger partial charge in [0, 0.05) is 12.2 Å². The van der Waals surface area contributed by atoms with Crippen LogP contribution in [0.3, 0.4) is 0 Å². The second-order valence-electron chi connectivity index (χ2n) is 7.24. The molecular weight excluding hydrogens is 461 g/mol. The zero-order valence-electron chi connectivity index (χ0n) is 17.5. The summed E-state index contributed by atoms with van der Waals surface area (Å²) in [5.41, 5.74) is 0.408. The van der Waals surface area contributed by atoms with Crippen molar-refractivity contribution < 1.29 is 31.1 Å². The van der Waals surface area contributed by atoms with Crippen molar-refractivity contribution in [3.05, 3.63) is 65.5 Å². The van der Waals surface area contributed by atoms with E-state index in [2.05, 4.69) is 9.82 Å². The van der Waals surface area contributed by atoms with E-state index in [0.29, 0.717) is 17.7 Å². The Balaban J connectivity index is 1.68. The number of aromatic nitrogens is 2. The van der Waals surface area contributed by atoms with Crippen LogP contribution < -0.4 is 14.4 Å². The third-order valence-electron chi connectivity index (χ3n) is 5.31. The Bertz CT molecular complexity index is 1340. The number of rotatable bonds is 5. The molecule has 1 N–H and O–H groups in total. The molecule has 0 spiro atoms. The van der Waals surface area contributed by atoms with E-state index in [9.17, 15) is 26.4 Å². The molecule has 0 unspecified atom stereocenters. The predicted molar refractivity (Wildman–Crippen MR) is 113 cm³/mol. The molecule has 0 fully saturated rings. The molecule has 4 rings (SSSR count). The molecule has 0 bridgehead atoms. The van der Waals surface area contributed by atoms with Gasteiger partial charge in [0.25, 0.3) is 5.91 Å². The number of hydrogen-bond donors (Lipinski definition) is 1.